The van der Waals surface area contributed by atoms with Gasteiger partial charge in [0, 0.05) is 36.7 Å². The zero-order chi connectivity index (χ0) is 22.7. The van der Waals surface area contributed by atoms with E-state index in [2.05, 4.69) is 19.9 Å². The molecule has 0 aromatic heterocycles. The molecule has 0 aromatic rings. The number of fused-ring (bicyclic) bond motifs is 5. The molecule has 5 aliphatic rings. The van der Waals surface area contributed by atoms with E-state index in [9.17, 15) is 9.59 Å². The van der Waals surface area contributed by atoms with Crippen LogP contribution in [0.15, 0.2) is 11.6 Å². The summed E-state index contributed by atoms with van der Waals surface area (Å²) >= 11 is 4.09. The van der Waals surface area contributed by atoms with Gasteiger partial charge in [0.05, 0.1) is 4.58 Å². The molecule has 4 fully saturated rings. The first-order valence-electron chi connectivity index (χ1n) is 12.5. The maximum Gasteiger partial charge on any atom is 0.302 e. The number of thioether (sulfide) groups is 2. The molecule has 1 heterocycles. The van der Waals surface area contributed by atoms with Gasteiger partial charge < -0.3 is 9.47 Å². The van der Waals surface area contributed by atoms with Crippen LogP contribution in [0.2, 0.25) is 0 Å². The third kappa shape index (κ3) is 3.76. The quantitative estimate of drug-likeness (QED) is 0.375. The Kier molecular flexibility index (Phi) is 6.18. The van der Waals surface area contributed by atoms with Crippen LogP contribution >= 0.6 is 23.5 Å². The Morgan fingerprint density at radius 1 is 0.969 bits per heavy atom. The van der Waals surface area contributed by atoms with Crippen molar-refractivity contribution in [3.05, 3.63) is 11.6 Å². The van der Waals surface area contributed by atoms with Crippen molar-refractivity contribution in [1.29, 1.82) is 0 Å². The summed E-state index contributed by atoms with van der Waals surface area (Å²) in [6.07, 6.45) is 10.5. The maximum absolute atomic E-state index is 12.0. The van der Waals surface area contributed by atoms with Gasteiger partial charge in [0.25, 0.3) is 0 Å². The number of carbonyl (C=O) groups is 2. The summed E-state index contributed by atoms with van der Waals surface area (Å²) in [5, 5.41) is 0. The minimum Gasteiger partial charge on any atom is -0.462 e. The highest BCUT2D eigenvalue weighted by molar-refractivity contribution is 8.20. The van der Waals surface area contributed by atoms with E-state index >= 15 is 0 Å². The van der Waals surface area contributed by atoms with Crippen LogP contribution in [0.25, 0.3) is 0 Å². The molecule has 4 aliphatic carbocycles. The van der Waals surface area contributed by atoms with Crippen molar-refractivity contribution >= 4 is 35.5 Å². The van der Waals surface area contributed by atoms with Crippen molar-refractivity contribution in [2.24, 2.45) is 34.5 Å². The van der Waals surface area contributed by atoms with Crippen molar-refractivity contribution in [3.63, 3.8) is 0 Å². The van der Waals surface area contributed by atoms with Crippen molar-refractivity contribution in [1.82, 2.24) is 0 Å². The molecule has 0 unspecified atom stereocenters. The van der Waals surface area contributed by atoms with E-state index in [1.54, 1.807) is 19.4 Å². The maximum atomic E-state index is 12.0. The van der Waals surface area contributed by atoms with Crippen molar-refractivity contribution in [3.8, 4) is 0 Å². The van der Waals surface area contributed by atoms with Gasteiger partial charge in [-0.05, 0) is 68.1 Å². The molecule has 1 aliphatic heterocycles. The topological polar surface area (TPSA) is 52.6 Å². The highest BCUT2D eigenvalue weighted by Crippen LogP contribution is 2.66. The van der Waals surface area contributed by atoms with Gasteiger partial charge in [0.1, 0.15) is 12.2 Å². The fraction of sp³-hybridized carbons (Fsp3) is 0.846. The molecule has 0 bridgehead atoms. The lowest BCUT2D eigenvalue weighted by Crippen LogP contribution is -2.53. The van der Waals surface area contributed by atoms with Gasteiger partial charge in [-0.15, -0.1) is 23.5 Å². The summed E-state index contributed by atoms with van der Waals surface area (Å²) in [6, 6.07) is 0. The summed E-state index contributed by atoms with van der Waals surface area (Å²) in [4.78, 5) is 23.8. The van der Waals surface area contributed by atoms with Crippen LogP contribution in [0.3, 0.4) is 0 Å². The monoisotopic (exact) mass is 478 g/mol. The van der Waals surface area contributed by atoms with Gasteiger partial charge in [0.2, 0.25) is 0 Å². The fourth-order valence-corrected chi connectivity index (χ4v) is 11.5. The molecule has 0 aromatic carbocycles. The molecule has 0 spiro atoms. The first kappa shape index (κ1) is 23.1. The van der Waals surface area contributed by atoms with Crippen LogP contribution in [-0.2, 0) is 19.1 Å². The van der Waals surface area contributed by atoms with Gasteiger partial charge in [0.15, 0.2) is 0 Å². The number of allylic oxidation sites excluding steroid dienone is 1. The van der Waals surface area contributed by atoms with Crippen LogP contribution in [-0.4, -0.2) is 40.2 Å². The summed E-state index contributed by atoms with van der Waals surface area (Å²) in [6.45, 7) is 7.97. The van der Waals surface area contributed by atoms with E-state index < -0.39 is 0 Å². The Balaban J connectivity index is 1.43. The summed E-state index contributed by atoms with van der Waals surface area (Å²) in [5.41, 5.74) is 1.88. The van der Waals surface area contributed by atoms with Crippen LogP contribution in [0.1, 0.15) is 72.6 Å². The van der Waals surface area contributed by atoms with Gasteiger partial charge in [-0.2, -0.15) is 0 Å². The van der Waals surface area contributed by atoms with E-state index in [4.69, 9.17) is 9.47 Å². The lowest BCUT2D eigenvalue weighted by Gasteiger charge is -2.59. The molecule has 0 radical (unpaired) electrons. The average Bonchev–Trinajstić information content (AvgIpc) is 3.35. The largest absolute Gasteiger partial charge is 0.462 e. The fourth-order valence-electron chi connectivity index (χ4n) is 8.31. The highest BCUT2D eigenvalue weighted by atomic mass is 32.2. The van der Waals surface area contributed by atoms with Crippen LogP contribution < -0.4 is 0 Å². The molecule has 1 saturated heterocycles. The SMILES string of the molecule is CC(=O)O[C@@H]1C[C@@]2(C)C(=C[C@@H]1C1SCCS1)CC[C@H]1[C@@H]3CC[C@@H](OC(C)=O)[C@@]3(C)CC[C@@H]12. The molecule has 32 heavy (non-hydrogen) atoms. The van der Waals surface area contributed by atoms with Crippen LogP contribution in [0.4, 0.5) is 0 Å². The molecule has 5 rings (SSSR count). The smallest absolute Gasteiger partial charge is 0.302 e. The van der Waals surface area contributed by atoms with Gasteiger partial charge in [-0.1, -0.05) is 25.5 Å². The molecule has 3 saturated carbocycles. The molecule has 6 heteroatoms. The minimum atomic E-state index is -0.142. The van der Waals surface area contributed by atoms with Crippen LogP contribution in [0, 0.1) is 34.5 Å². The number of ether oxygens (including phenoxy) is 2. The Labute approximate surface area is 201 Å². The molecule has 8 atom stereocenters. The van der Waals surface area contributed by atoms with E-state index in [0.717, 1.165) is 19.3 Å². The molecule has 0 N–H and O–H groups in total. The number of rotatable bonds is 3. The van der Waals surface area contributed by atoms with E-state index in [0.29, 0.717) is 28.3 Å². The summed E-state index contributed by atoms with van der Waals surface area (Å²) in [5.74, 6) is 4.42. The second-order valence-corrected chi connectivity index (χ2v) is 14.1. The normalized spacial score (nSPS) is 45.9. The predicted octanol–water partition coefficient (Wildman–Crippen LogP) is 5.84. The number of carbonyl (C=O) groups excluding carboxylic acids is 2. The van der Waals surface area contributed by atoms with E-state index in [-0.39, 0.29) is 35.0 Å². The number of hydrogen-bond acceptors (Lipinski definition) is 6. The van der Waals surface area contributed by atoms with E-state index in [1.165, 1.54) is 37.2 Å². The average molecular weight is 479 g/mol. The van der Waals surface area contributed by atoms with Gasteiger partial charge in [-0.25, -0.2) is 0 Å². The second kappa shape index (κ2) is 8.55. The first-order chi connectivity index (χ1) is 15.2. The zero-order valence-electron chi connectivity index (χ0n) is 19.9. The molecule has 178 valence electrons. The third-order valence-corrected chi connectivity index (χ3v) is 12.9. The second-order valence-electron chi connectivity index (χ2n) is 11.3. The third-order valence-electron chi connectivity index (χ3n) is 9.68. The molecule has 0 amide bonds. The van der Waals surface area contributed by atoms with Gasteiger partial charge in [-0.3, -0.25) is 9.59 Å². The Morgan fingerprint density at radius 2 is 1.69 bits per heavy atom. The van der Waals surface area contributed by atoms with Gasteiger partial charge >= 0.3 is 11.9 Å². The Morgan fingerprint density at radius 3 is 2.38 bits per heavy atom. The lowest BCUT2D eigenvalue weighted by atomic mass is 9.47. The summed E-state index contributed by atoms with van der Waals surface area (Å²) in [7, 11) is 0. The minimum absolute atomic E-state index is 0.00576. The standard InChI is InChI=1S/C26H38O4S2/c1-15(27)29-22-14-26(4)17(13-19(22)24-31-11-12-32-24)5-6-18-20-7-8-23(30-16(2)28)25(20,3)10-9-21(18)26/h13,18-24H,5-12,14H2,1-4H3/t18-,19-,20-,21-,22+,23+,25-,26-/m0/s1. The molecular weight excluding hydrogens is 440 g/mol. The lowest BCUT2D eigenvalue weighted by molar-refractivity contribution is -0.160. The molecular formula is C26H38O4S2. The summed E-state index contributed by atoms with van der Waals surface area (Å²) < 4.78 is 12.3. The van der Waals surface area contributed by atoms with Crippen molar-refractivity contribution in [2.45, 2.75) is 89.4 Å². The van der Waals surface area contributed by atoms with Crippen molar-refractivity contribution in [2.75, 3.05) is 11.5 Å². The van der Waals surface area contributed by atoms with Crippen LogP contribution in [0.5, 0.6) is 0 Å². The highest BCUT2D eigenvalue weighted by Gasteiger charge is 2.61. The Bertz CT molecular complexity index is 806. The zero-order valence-corrected chi connectivity index (χ0v) is 21.6. The predicted molar refractivity (Wildman–Crippen MR) is 130 cm³/mol. The number of hydrogen-bond donors (Lipinski definition) is 0. The van der Waals surface area contributed by atoms with Crippen molar-refractivity contribution < 1.29 is 19.1 Å². The Hall–Kier alpha value is -0.620. The number of esters is 2. The first-order valence-corrected chi connectivity index (χ1v) is 14.6. The van der Waals surface area contributed by atoms with E-state index in [1.807, 2.05) is 23.5 Å². The molecule has 4 nitrogen and oxygen atoms in total.